The van der Waals surface area contributed by atoms with Crippen molar-refractivity contribution in [2.24, 2.45) is 5.41 Å². The number of rotatable bonds is 1. The molecule has 1 aliphatic rings. The first-order valence-corrected chi connectivity index (χ1v) is 4.31. The highest BCUT2D eigenvalue weighted by atomic mass is 16.5. The lowest BCUT2D eigenvalue weighted by molar-refractivity contribution is -0.159. The number of ether oxygens (including phenoxy) is 1. The minimum absolute atomic E-state index is 0.119. The van der Waals surface area contributed by atoms with Gasteiger partial charge in [-0.3, -0.25) is 9.59 Å². The van der Waals surface area contributed by atoms with Gasteiger partial charge in [0.25, 0.3) is 0 Å². The largest absolute Gasteiger partial charge is 0.454 e. The van der Waals surface area contributed by atoms with E-state index in [4.69, 9.17) is 4.74 Å². The van der Waals surface area contributed by atoms with Crippen LogP contribution in [0, 0.1) is 5.41 Å². The van der Waals surface area contributed by atoms with E-state index < -0.39 is 12.1 Å². The van der Waals surface area contributed by atoms with Crippen LogP contribution in [0.4, 0.5) is 0 Å². The lowest BCUT2D eigenvalue weighted by atomic mass is 9.77. The van der Waals surface area contributed by atoms with E-state index in [2.05, 4.69) is 0 Å². The van der Waals surface area contributed by atoms with Crippen molar-refractivity contribution in [1.82, 2.24) is 0 Å². The van der Waals surface area contributed by atoms with Gasteiger partial charge in [-0.25, -0.2) is 0 Å². The van der Waals surface area contributed by atoms with Gasteiger partial charge in [0.2, 0.25) is 0 Å². The van der Waals surface area contributed by atoms with Crippen LogP contribution in [0.15, 0.2) is 12.2 Å². The van der Waals surface area contributed by atoms with Gasteiger partial charge >= 0.3 is 5.97 Å². The number of esters is 1. The van der Waals surface area contributed by atoms with Crippen LogP contribution >= 0.6 is 0 Å². The van der Waals surface area contributed by atoms with Crippen molar-refractivity contribution in [2.45, 2.75) is 33.3 Å². The molecule has 0 aliphatic heterocycles. The molecule has 0 N–H and O–H groups in total. The maximum Gasteiger partial charge on any atom is 0.303 e. The summed E-state index contributed by atoms with van der Waals surface area (Å²) in [6.07, 6.45) is 3.45. The molecular formula is C10H14O3. The fraction of sp³-hybridized carbons (Fsp3) is 0.600. The van der Waals surface area contributed by atoms with Gasteiger partial charge in [0, 0.05) is 12.3 Å². The number of hydrogen-bond acceptors (Lipinski definition) is 3. The SMILES string of the molecule is CC(=O)OC1C(=O)C=CCC1(C)C. The first kappa shape index (κ1) is 9.96. The Bertz CT molecular complexity index is 263. The van der Waals surface area contributed by atoms with Crippen molar-refractivity contribution in [3.63, 3.8) is 0 Å². The van der Waals surface area contributed by atoms with Crippen LogP contribution in [0.25, 0.3) is 0 Å². The van der Waals surface area contributed by atoms with Crippen molar-refractivity contribution in [3.05, 3.63) is 12.2 Å². The Balaban J connectivity index is 2.83. The number of carbonyl (C=O) groups is 2. The highest BCUT2D eigenvalue weighted by Crippen LogP contribution is 2.32. The Morgan fingerprint density at radius 1 is 1.62 bits per heavy atom. The summed E-state index contributed by atoms with van der Waals surface area (Å²) in [5, 5.41) is 0. The summed E-state index contributed by atoms with van der Waals surface area (Å²) < 4.78 is 4.98. The normalized spacial score (nSPS) is 25.8. The van der Waals surface area contributed by atoms with Crippen LogP contribution in [0.2, 0.25) is 0 Å². The number of hydrogen-bond donors (Lipinski definition) is 0. The lowest BCUT2D eigenvalue weighted by Gasteiger charge is -2.33. The molecule has 0 radical (unpaired) electrons. The fourth-order valence-corrected chi connectivity index (χ4v) is 1.44. The van der Waals surface area contributed by atoms with Crippen LogP contribution in [0.5, 0.6) is 0 Å². The average molecular weight is 182 g/mol. The second-order valence-electron chi connectivity index (χ2n) is 3.99. The molecule has 13 heavy (non-hydrogen) atoms. The predicted molar refractivity (Wildman–Crippen MR) is 48.1 cm³/mol. The molecule has 1 aliphatic carbocycles. The highest BCUT2D eigenvalue weighted by Gasteiger charge is 2.38. The van der Waals surface area contributed by atoms with Gasteiger partial charge < -0.3 is 4.74 Å². The van der Waals surface area contributed by atoms with Crippen molar-refractivity contribution < 1.29 is 14.3 Å². The zero-order chi connectivity index (χ0) is 10.1. The first-order chi connectivity index (χ1) is 5.93. The van der Waals surface area contributed by atoms with Gasteiger partial charge in [-0.2, -0.15) is 0 Å². The van der Waals surface area contributed by atoms with Crippen LogP contribution < -0.4 is 0 Å². The third-order valence-electron chi connectivity index (χ3n) is 2.18. The highest BCUT2D eigenvalue weighted by molar-refractivity contribution is 5.96. The van der Waals surface area contributed by atoms with Crippen molar-refractivity contribution in [3.8, 4) is 0 Å². The molecular weight excluding hydrogens is 168 g/mol. The van der Waals surface area contributed by atoms with Gasteiger partial charge in [0.15, 0.2) is 11.9 Å². The molecule has 3 nitrogen and oxygen atoms in total. The van der Waals surface area contributed by atoms with E-state index in [9.17, 15) is 9.59 Å². The van der Waals surface area contributed by atoms with Crippen LogP contribution in [0.3, 0.4) is 0 Å². The van der Waals surface area contributed by atoms with Gasteiger partial charge in [-0.15, -0.1) is 0 Å². The molecule has 0 heterocycles. The molecule has 0 bridgehead atoms. The van der Waals surface area contributed by atoms with E-state index in [0.29, 0.717) is 0 Å². The molecule has 3 heteroatoms. The number of allylic oxidation sites excluding steroid dienone is 1. The zero-order valence-corrected chi connectivity index (χ0v) is 8.16. The Morgan fingerprint density at radius 2 is 2.23 bits per heavy atom. The minimum atomic E-state index is -0.616. The summed E-state index contributed by atoms with van der Waals surface area (Å²) in [6, 6.07) is 0. The Labute approximate surface area is 77.8 Å². The summed E-state index contributed by atoms with van der Waals surface area (Å²) in [4.78, 5) is 22.1. The second kappa shape index (κ2) is 3.32. The molecule has 0 aromatic carbocycles. The molecule has 0 fully saturated rings. The maximum absolute atomic E-state index is 11.4. The van der Waals surface area contributed by atoms with E-state index in [1.165, 1.54) is 13.0 Å². The van der Waals surface area contributed by atoms with E-state index in [1.807, 2.05) is 19.9 Å². The Kier molecular flexibility index (Phi) is 2.55. The molecule has 1 atom stereocenters. The molecule has 0 amide bonds. The molecule has 0 spiro atoms. The van der Waals surface area contributed by atoms with Gasteiger partial charge in [0.1, 0.15) is 0 Å². The summed E-state index contributed by atoms with van der Waals surface area (Å²) in [5.74, 6) is -0.520. The summed E-state index contributed by atoms with van der Waals surface area (Å²) in [7, 11) is 0. The van der Waals surface area contributed by atoms with Crippen molar-refractivity contribution >= 4 is 11.8 Å². The van der Waals surface area contributed by atoms with Gasteiger partial charge in [0.05, 0.1) is 0 Å². The Hall–Kier alpha value is -1.12. The topological polar surface area (TPSA) is 43.4 Å². The monoisotopic (exact) mass is 182 g/mol. The summed E-state index contributed by atoms with van der Waals surface area (Å²) in [5.41, 5.74) is -0.280. The molecule has 0 aromatic heterocycles. The van der Waals surface area contributed by atoms with Crippen LogP contribution in [-0.4, -0.2) is 17.9 Å². The lowest BCUT2D eigenvalue weighted by Crippen LogP contribution is -2.41. The average Bonchev–Trinajstić information content (AvgIpc) is 1.96. The standard InChI is InChI=1S/C10H14O3/c1-7(11)13-9-8(12)5-4-6-10(9,2)3/h4-5,9H,6H2,1-3H3. The van der Waals surface area contributed by atoms with E-state index >= 15 is 0 Å². The Morgan fingerprint density at radius 3 is 2.69 bits per heavy atom. The molecule has 1 unspecified atom stereocenters. The number of ketones is 1. The summed E-state index contributed by atoms with van der Waals surface area (Å²) >= 11 is 0. The van der Waals surface area contributed by atoms with Crippen LogP contribution in [-0.2, 0) is 14.3 Å². The van der Waals surface area contributed by atoms with Crippen LogP contribution in [0.1, 0.15) is 27.2 Å². The zero-order valence-electron chi connectivity index (χ0n) is 8.16. The van der Waals surface area contributed by atoms with E-state index in [-0.39, 0.29) is 11.2 Å². The quantitative estimate of drug-likeness (QED) is 0.577. The maximum atomic E-state index is 11.4. The minimum Gasteiger partial charge on any atom is -0.454 e. The van der Waals surface area contributed by atoms with Crippen molar-refractivity contribution in [1.29, 1.82) is 0 Å². The van der Waals surface area contributed by atoms with Crippen molar-refractivity contribution in [2.75, 3.05) is 0 Å². The third-order valence-corrected chi connectivity index (χ3v) is 2.18. The fourth-order valence-electron chi connectivity index (χ4n) is 1.44. The predicted octanol–water partition coefficient (Wildman–Crippen LogP) is 1.47. The third kappa shape index (κ3) is 2.17. The molecule has 0 aromatic rings. The van der Waals surface area contributed by atoms with Gasteiger partial charge in [-0.05, 0) is 12.5 Å². The second-order valence-corrected chi connectivity index (χ2v) is 3.99. The number of carbonyl (C=O) groups excluding carboxylic acids is 2. The summed E-state index contributed by atoms with van der Waals surface area (Å²) in [6.45, 7) is 5.16. The smallest absolute Gasteiger partial charge is 0.303 e. The van der Waals surface area contributed by atoms with Gasteiger partial charge in [-0.1, -0.05) is 19.9 Å². The van der Waals surface area contributed by atoms with E-state index in [1.54, 1.807) is 0 Å². The molecule has 1 rings (SSSR count). The first-order valence-electron chi connectivity index (χ1n) is 4.31. The van der Waals surface area contributed by atoms with E-state index in [0.717, 1.165) is 6.42 Å². The molecule has 0 saturated carbocycles. The molecule has 0 saturated heterocycles. The molecule has 72 valence electrons.